The Morgan fingerprint density at radius 1 is 1.31 bits per heavy atom. The Labute approximate surface area is 81.0 Å². The molecule has 0 bridgehead atoms. The lowest BCUT2D eigenvalue weighted by Gasteiger charge is -1.92. The quantitative estimate of drug-likeness (QED) is 0.630. The molecule has 0 spiro atoms. The van der Waals surface area contributed by atoms with Crippen molar-refractivity contribution in [1.82, 2.24) is 0 Å². The summed E-state index contributed by atoms with van der Waals surface area (Å²) in [6.45, 7) is 4.05. The molecule has 0 amide bonds. The molecular formula is C11H10OS. The lowest BCUT2D eigenvalue weighted by molar-refractivity contribution is 0.112. The highest BCUT2D eigenvalue weighted by atomic mass is 32.1. The minimum absolute atomic E-state index is 0.847. The zero-order valence-corrected chi connectivity index (χ0v) is 8.44. The van der Waals surface area contributed by atoms with Crippen LogP contribution < -0.4 is 0 Å². The van der Waals surface area contributed by atoms with Crippen LogP contribution in [0.1, 0.15) is 20.8 Å². The fourth-order valence-electron chi connectivity index (χ4n) is 1.49. The highest BCUT2D eigenvalue weighted by Crippen LogP contribution is 2.29. The molecule has 13 heavy (non-hydrogen) atoms. The highest BCUT2D eigenvalue weighted by molar-refractivity contribution is 7.19. The zero-order valence-electron chi connectivity index (χ0n) is 7.63. The molecule has 2 rings (SSSR count). The fourth-order valence-corrected chi connectivity index (χ4v) is 2.62. The van der Waals surface area contributed by atoms with Crippen molar-refractivity contribution in [3.63, 3.8) is 0 Å². The number of rotatable bonds is 1. The van der Waals surface area contributed by atoms with Crippen LogP contribution in [0.4, 0.5) is 0 Å². The lowest BCUT2D eigenvalue weighted by Crippen LogP contribution is -1.78. The van der Waals surface area contributed by atoms with Gasteiger partial charge < -0.3 is 0 Å². The molecule has 2 heteroatoms. The highest BCUT2D eigenvalue weighted by Gasteiger charge is 2.06. The summed E-state index contributed by atoms with van der Waals surface area (Å²) in [5, 5.41) is 1.09. The summed E-state index contributed by atoms with van der Waals surface area (Å²) in [5.74, 6) is 0. The Hall–Kier alpha value is -1.15. The summed E-state index contributed by atoms with van der Waals surface area (Å²) in [4.78, 5) is 11.9. The second-order valence-corrected chi connectivity index (χ2v) is 4.45. The van der Waals surface area contributed by atoms with E-state index in [1.54, 1.807) is 11.3 Å². The summed E-state index contributed by atoms with van der Waals surface area (Å²) in [7, 11) is 0. The molecule has 0 aliphatic rings. The summed E-state index contributed by atoms with van der Waals surface area (Å²) in [6.07, 6.45) is 0.948. The number of aldehydes is 1. The Kier molecular flexibility index (Phi) is 1.93. The van der Waals surface area contributed by atoms with E-state index < -0.39 is 0 Å². The average molecular weight is 190 g/mol. The molecule has 1 nitrogen and oxygen atoms in total. The Balaban J connectivity index is 2.86. The largest absolute Gasteiger partial charge is 0.298 e. The number of fused-ring (bicyclic) bond motifs is 1. The predicted octanol–water partition coefficient (Wildman–Crippen LogP) is 3.33. The first-order chi connectivity index (χ1) is 6.22. The van der Waals surface area contributed by atoms with Crippen LogP contribution in [-0.4, -0.2) is 6.29 Å². The standard InChI is InChI=1S/C11H10OS/c1-7-3-4-9-10(6-12)8(2)13-11(9)5-7/h3-6H,1-2H3. The summed E-state index contributed by atoms with van der Waals surface area (Å²) < 4.78 is 1.21. The number of aryl methyl sites for hydroxylation is 2. The van der Waals surface area contributed by atoms with Crippen LogP contribution in [0.2, 0.25) is 0 Å². The minimum Gasteiger partial charge on any atom is -0.298 e. The summed E-state index contributed by atoms with van der Waals surface area (Å²) >= 11 is 1.69. The van der Waals surface area contributed by atoms with E-state index >= 15 is 0 Å². The SMILES string of the molecule is Cc1ccc2c(C=O)c(C)sc2c1. The normalized spacial score (nSPS) is 10.6. The van der Waals surface area contributed by atoms with Gasteiger partial charge in [0, 0.05) is 20.5 Å². The fraction of sp³-hybridized carbons (Fsp3) is 0.182. The van der Waals surface area contributed by atoms with Crippen molar-refractivity contribution in [1.29, 1.82) is 0 Å². The molecule has 1 aromatic carbocycles. The lowest BCUT2D eigenvalue weighted by atomic mass is 10.1. The van der Waals surface area contributed by atoms with E-state index in [0.717, 1.165) is 22.1 Å². The maximum Gasteiger partial charge on any atom is 0.151 e. The molecule has 0 aliphatic heterocycles. The molecule has 0 N–H and O–H groups in total. The summed E-state index contributed by atoms with van der Waals surface area (Å²) in [6, 6.07) is 6.19. The van der Waals surface area contributed by atoms with Gasteiger partial charge in [-0.1, -0.05) is 12.1 Å². The van der Waals surface area contributed by atoms with Gasteiger partial charge in [0.1, 0.15) is 0 Å². The molecule has 0 unspecified atom stereocenters. The summed E-state index contributed by atoms with van der Waals surface area (Å²) in [5.41, 5.74) is 2.09. The number of thiophene rings is 1. The third-order valence-corrected chi connectivity index (χ3v) is 3.27. The molecule has 0 atom stereocenters. The average Bonchev–Trinajstić information content (AvgIpc) is 2.39. The first-order valence-electron chi connectivity index (χ1n) is 4.17. The monoisotopic (exact) mass is 190 g/mol. The first kappa shape index (κ1) is 8.45. The molecule has 0 fully saturated rings. The van der Waals surface area contributed by atoms with E-state index in [4.69, 9.17) is 0 Å². The van der Waals surface area contributed by atoms with Crippen LogP contribution in [0.15, 0.2) is 18.2 Å². The van der Waals surface area contributed by atoms with Gasteiger partial charge in [0.05, 0.1) is 0 Å². The number of carbonyl (C=O) groups is 1. The smallest absolute Gasteiger partial charge is 0.151 e. The molecule has 66 valence electrons. The van der Waals surface area contributed by atoms with Gasteiger partial charge in [-0.05, 0) is 25.5 Å². The van der Waals surface area contributed by atoms with Crippen LogP contribution in [0.25, 0.3) is 10.1 Å². The van der Waals surface area contributed by atoms with Gasteiger partial charge in [-0.25, -0.2) is 0 Å². The van der Waals surface area contributed by atoms with Gasteiger partial charge in [-0.2, -0.15) is 0 Å². The van der Waals surface area contributed by atoms with Crippen molar-refractivity contribution >= 4 is 27.7 Å². The van der Waals surface area contributed by atoms with Crippen LogP contribution in [0.5, 0.6) is 0 Å². The van der Waals surface area contributed by atoms with Crippen molar-refractivity contribution in [2.24, 2.45) is 0 Å². The molecule has 0 aliphatic carbocycles. The van der Waals surface area contributed by atoms with E-state index in [-0.39, 0.29) is 0 Å². The van der Waals surface area contributed by atoms with E-state index in [0.29, 0.717) is 0 Å². The molecular weight excluding hydrogens is 180 g/mol. The van der Waals surface area contributed by atoms with E-state index in [9.17, 15) is 4.79 Å². The second-order valence-electron chi connectivity index (χ2n) is 3.19. The second kappa shape index (κ2) is 2.96. The van der Waals surface area contributed by atoms with Crippen molar-refractivity contribution in [3.8, 4) is 0 Å². The first-order valence-corrected chi connectivity index (χ1v) is 4.99. The molecule has 1 aromatic heterocycles. The van der Waals surface area contributed by atoms with Gasteiger partial charge in [0.2, 0.25) is 0 Å². The molecule has 2 aromatic rings. The van der Waals surface area contributed by atoms with Gasteiger partial charge in [0.25, 0.3) is 0 Å². The number of carbonyl (C=O) groups excluding carboxylic acids is 1. The molecule has 0 saturated heterocycles. The number of hydrogen-bond acceptors (Lipinski definition) is 2. The predicted molar refractivity (Wildman–Crippen MR) is 56.7 cm³/mol. The van der Waals surface area contributed by atoms with Gasteiger partial charge in [-0.15, -0.1) is 11.3 Å². The van der Waals surface area contributed by atoms with E-state index in [2.05, 4.69) is 13.0 Å². The van der Waals surface area contributed by atoms with Crippen molar-refractivity contribution < 1.29 is 4.79 Å². The Morgan fingerprint density at radius 3 is 2.77 bits per heavy atom. The van der Waals surface area contributed by atoms with Crippen LogP contribution >= 0.6 is 11.3 Å². The molecule has 0 radical (unpaired) electrons. The maximum atomic E-state index is 10.8. The van der Waals surface area contributed by atoms with E-state index in [1.165, 1.54) is 10.3 Å². The van der Waals surface area contributed by atoms with Crippen LogP contribution in [0.3, 0.4) is 0 Å². The number of hydrogen-bond donors (Lipinski definition) is 0. The van der Waals surface area contributed by atoms with Gasteiger partial charge >= 0.3 is 0 Å². The van der Waals surface area contributed by atoms with Gasteiger partial charge in [0.15, 0.2) is 6.29 Å². The van der Waals surface area contributed by atoms with Crippen LogP contribution in [0, 0.1) is 13.8 Å². The topological polar surface area (TPSA) is 17.1 Å². The zero-order chi connectivity index (χ0) is 9.42. The maximum absolute atomic E-state index is 10.8. The minimum atomic E-state index is 0.847. The van der Waals surface area contributed by atoms with Crippen molar-refractivity contribution in [2.45, 2.75) is 13.8 Å². The van der Waals surface area contributed by atoms with Gasteiger partial charge in [-0.3, -0.25) is 4.79 Å². The van der Waals surface area contributed by atoms with E-state index in [1.807, 2.05) is 19.1 Å². The Bertz CT molecular complexity index is 468. The molecule has 1 heterocycles. The third-order valence-electron chi connectivity index (χ3n) is 2.19. The van der Waals surface area contributed by atoms with Crippen molar-refractivity contribution in [2.75, 3.05) is 0 Å². The third kappa shape index (κ3) is 1.27. The van der Waals surface area contributed by atoms with Crippen LogP contribution in [-0.2, 0) is 0 Å². The number of benzene rings is 1. The molecule has 0 saturated carbocycles. The Morgan fingerprint density at radius 2 is 2.08 bits per heavy atom. The van der Waals surface area contributed by atoms with Crippen molar-refractivity contribution in [3.05, 3.63) is 34.2 Å².